The van der Waals surface area contributed by atoms with Crippen LogP contribution in [0.2, 0.25) is 0 Å². The summed E-state index contributed by atoms with van der Waals surface area (Å²) in [5, 5.41) is 6.23. The fourth-order valence-electron chi connectivity index (χ4n) is 1.38. The second-order valence-corrected chi connectivity index (χ2v) is 3.73. The molecule has 1 aliphatic carbocycles. The third-order valence-corrected chi connectivity index (χ3v) is 2.54. The highest BCUT2D eigenvalue weighted by molar-refractivity contribution is 5.78. The Balaban J connectivity index is 2.05. The number of carbonyl (C=O) groups is 1. The third kappa shape index (κ3) is 3.66. The molecule has 0 aromatic rings. The van der Waals surface area contributed by atoms with Crippen molar-refractivity contribution in [2.75, 3.05) is 13.1 Å². The van der Waals surface area contributed by atoms with Crippen LogP contribution in [0, 0.1) is 11.8 Å². The maximum atomic E-state index is 11.4. The smallest absolute Gasteiger partial charge is 0.223 e. The molecule has 0 aromatic carbocycles. The number of carbonyl (C=O) groups excluding carboxylic acids is 1. The Labute approximate surface area is 83.5 Å². The summed E-state index contributed by atoms with van der Waals surface area (Å²) in [7, 11) is 0. The molecule has 0 aromatic heterocycles. The summed E-state index contributed by atoms with van der Waals surface area (Å²) >= 11 is 0. The van der Waals surface area contributed by atoms with E-state index in [0.29, 0.717) is 25.4 Å². The average molecular weight is 196 g/mol. The Kier molecular flexibility index (Phi) is 4.26. The molecule has 1 atom stereocenters. The quantitative estimate of drug-likeness (QED) is 0.299. The molecule has 1 amide bonds. The monoisotopic (exact) mass is 196 g/mol. The standard InChI is InChI=1S/C9H16N4O/c1-7(8-3-4-8)9(14)11-5-2-6-12-13-10/h7-8H,2-6H2,1H3,(H,11,14). The van der Waals surface area contributed by atoms with E-state index in [1.807, 2.05) is 6.92 Å². The van der Waals surface area contributed by atoms with Gasteiger partial charge in [0.05, 0.1) is 0 Å². The topological polar surface area (TPSA) is 77.9 Å². The molecule has 78 valence electrons. The summed E-state index contributed by atoms with van der Waals surface area (Å²) in [6, 6.07) is 0. The maximum absolute atomic E-state index is 11.4. The fraction of sp³-hybridized carbons (Fsp3) is 0.889. The maximum Gasteiger partial charge on any atom is 0.223 e. The van der Waals surface area contributed by atoms with Crippen LogP contribution in [0.5, 0.6) is 0 Å². The van der Waals surface area contributed by atoms with E-state index in [0.717, 1.165) is 0 Å². The lowest BCUT2D eigenvalue weighted by atomic mass is 10.1. The Bertz CT molecular complexity index is 243. The summed E-state index contributed by atoms with van der Waals surface area (Å²) in [6.45, 7) is 3.03. The van der Waals surface area contributed by atoms with E-state index in [9.17, 15) is 4.79 Å². The van der Waals surface area contributed by atoms with Crippen molar-refractivity contribution >= 4 is 5.91 Å². The SMILES string of the molecule is CC(C(=O)NCCCN=[N+]=[N-])C1CC1. The number of azide groups is 1. The van der Waals surface area contributed by atoms with Crippen LogP contribution in [0.1, 0.15) is 26.2 Å². The largest absolute Gasteiger partial charge is 0.356 e. The number of hydrogen-bond donors (Lipinski definition) is 1. The zero-order valence-corrected chi connectivity index (χ0v) is 8.44. The molecule has 5 nitrogen and oxygen atoms in total. The number of hydrogen-bond acceptors (Lipinski definition) is 2. The van der Waals surface area contributed by atoms with Crippen LogP contribution < -0.4 is 5.32 Å². The van der Waals surface area contributed by atoms with Gasteiger partial charge in [0.2, 0.25) is 5.91 Å². The second-order valence-electron chi connectivity index (χ2n) is 3.73. The fourth-order valence-corrected chi connectivity index (χ4v) is 1.38. The van der Waals surface area contributed by atoms with Crippen LogP contribution in [0.25, 0.3) is 10.4 Å². The van der Waals surface area contributed by atoms with E-state index in [-0.39, 0.29) is 11.8 Å². The zero-order chi connectivity index (χ0) is 10.4. The first-order valence-electron chi connectivity index (χ1n) is 5.04. The van der Waals surface area contributed by atoms with Crippen LogP contribution in [0.4, 0.5) is 0 Å². The van der Waals surface area contributed by atoms with Crippen molar-refractivity contribution in [2.45, 2.75) is 26.2 Å². The third-order valence-electron chi connectivity index (χ3n) is 2.54. The zero-order valence-electron chi connectivity index (χ0n) is 8.44. The number of rotatable bonds is 6. The molecule has 1 fully saturated rings. The highest BCUT2D eigenvalue weighted by Gasteiger charge is 2.32. The van der Waals surface area contributed by atoms with Gasteiger partial charge in [-0.05, 0) is 30.7 Å². The van der Waals surface area contributed by atoms with Gasteiger partial charge < -0.3 is 5.32 Å². The molecular formula is C9H16N4O. The van der Waals surface area contributed by atoms with E-state index in [4.69, 9.17) is 5.53 Å². The summed E-state index contributed by atoms with van der Waals surface area (Å²) in [5.41, 5.74) is 8.02. The van der Waals surface area contributed by atoms with Crippen molar-refractivity contribution in [3.8, 4) is 0 Å². The first kappa shape index (κ1) is 10.9. The summed E-state index contributed by atoms with van der Waals surface area (Å²) in [5.74, 6) is 0.884. The van der Waals surface area contributed by atoms with Gasteiger partial charge in [0.25, 0.3) is 0 Å². The van der Waals surface area contributed by atoms with Crippen LogP contribution in [0.15, 0.2) is 5.11 Å². The summed E-state index contributed by atoms with van der Waals surface area (Å²) < 4.78 is 0. The van der Waals surface area contributed by atoms with Gasteiger partial charge in [-0.3, -0.25) is 4.79 Å². The molecule has 0 aliphatic heterocycles. The molecule has 0 saturated heterocycles. The van der Waals surface area contributed by atoms with E-state index in [1.165, 1.54) is 12.8 Å². The Morgan fingerprint density at radius 2 is 2.43 bits per heavy atom. The first-order valence-corrected chi connectivity index (χ1v) is 5.04. The van der Waals surface area contributed by atoms with Crippen molar-refractivity contribution in [2.24, 2.45) is 17.0 Å². The molecule has 5 heteroatoms. The van der Waals surface area contributed by atoms with Crippen molar-refractivity contribution in [3.05, 3.63) is 10.4 Å². The predicted octanol–water partition coefficient (Wildman–Crippen LogP) is 1.85. The lowest BCUT2D eigenvalue weighted by Gasteiger charge is -2.09. The molecule has 0 radical (unpaired) electrons. The molecule has 0 heterocycles. The first-order chi connectivity index (χ1) is 6.75. The molecule has 1 saturated carbocycles. The number of nitrogens with zero attached hydrogens (tertiary/aromatic N) is 3. The number of nitrogens with one attached hydrogen (secondary N) is 1. The van der Waals surface area contributed by atoms with Crippen LogP contribution in [0.3, 0.4) is 0 Å². The molecule has 1 N–H and O–H groups in total. The average Bonchev–Trinajstić information content (AvgIpc) is 2.99. The van der Waals surface area contributed by atoms with Crippen molar-refractivity contribution in [3.63, 3.8) is 0 Å². The van der Waals surface area contributed by atoms with Crippen LogP contribution in [-0.2, 0) is 4.79 Å². The van der Waals surface area contributed by atoms with Gasteiger partial charge in [0.1, 0.15) is 0 Å². The van der Waals surface area contributed by atoms with Crippen LogP contribution in [-0.4, -0.2) is 19.0 Å². The molecule has 0 spiro atoms. The lowest BCUT2D eigenvalue weighted by Crippen LogP contribution is -2.31. The normalized spacial score (nSPS) is 16.9. The molecule has 0 bridgehead atoms. The van der Waals surface area contributed by atoms with Gasteiger partial charge in [0, 0.05) is 23.9 Å². The van der Waals surface area contributed by atoms with Crippen molar-refractivity contribution < 1.29 is 4.79 Å². The number of amides is 1. The van der Waals surface area contributed by atoms with Gasteiger partial charge >= 0.3 is 0 Å². The molecule has 1 aliphatic rings. The van der Waals surface area contributed by atoms with Crippen molar-refractivity contribution in [1.29, 1.82) is 0 Å². The van der Waals surface area contributed by atoms with Gasteiger partial charge in [-0.2, -0.15) is 0 Å². The molecule has 1 unspecified atom stereocenters. The summed E-state index contributed by atoms with van der Waals surface area (Å²) in [4.78, 5) is 14.1. The minimum Gasteiger partial charge on any atom is -0.356 e. The molecule has 1 rings (SSSR count). The van der Waals surface area contributed by atoms with E-state index >= 15 is 0 Å². The highest BCUT2D eigenvalue weighted by atomic mass is 16.1. The van der Waals surface area contributed by atoms with E-state index in [2.05, 4.69) is 15.3 Å². The summed E-state index contributed by atoms with van der Waals surface area (Å²) in [6.07, 6.45) is 3.09. The Morgan fingerprint density at radius 1 is 1.71 bits per heavy atom. The minimum atomic E-state index is 0.133. The molecule has 14 heavy (non-hydrogen) atoms. The second kappa shape index (κ2) is 5.50. The van der Waals surface area contributed by atoms with Crippen LogP contribution >= 0.6 is 0 Å². The van der Waals surface area contributed by atoms with Gasteiger partial charge in [0.15, 0.2) is 0 Å². The van der Waals surface area contributed by atoms with Crippen molar-refractivity contribution in [1.82, 2.24) is 5.32 Å². The van der Waals surface area contributed by atoms with Gasteiger partial charge in [-0.25, -0.2) is 0 Å². The van der Waals surface area contributed by atoms with E-state index < -0.39 is 0 Å². The molecular weight excluding hydrogens is 180 g/mol. The highest BCUT2D eigenvalue weighted by Crippen LogP contribution is 2.36. The minimum absolute atomic E-state index is 0.133. The van der Waals surface area contributed by atoms with Gasteiger partial charge in [-0.15, -0.1) is 0 Å². The van der Waals surface area contributed by atoms with Gasteiger partial charge in [-0.1, -0.05) is 12.0 Å². The Hall–Kier alpha value is -1.22. The lowest BCUT2D eigenvalue weighted by molar-refractivity contribution is -0.125. The Morgan fingerprint density at radius 3 is 3.00 bits per heavy atom. The van der Waals surface area contributed by atoms with E-state index in [1.54, 1.807) is 0 Å². The predicted molar refractivity (Wildman–Crippen MR) is 53.5 cm³/mol.